The van der Waals surface area contributed by atoms with Gasteiger partial charge < -0.3 is 15.0 Å². The Hall–Kier alpha value is -1.60. The van der Waals surface area contributed by atoms with E-state index in [1.54, 1.807) is 6.20 Å². The van der Waals surface area contributed by atoms with Gasteiger partial charge in [0.05, 0.1) is 30.6 Å². The van der Waals surface area contributed by atoms with E-state index in [0.29, 0.717) is 5.92 Å². The van der Waals surface area contributed by atoms with Gasteiger partial charge in [0.15, 0.2) is 0 Å². The number of aromatic nitrogens is 2. The van der Waals surface area contributed by atoms with Crippen LogP contribution in [0.15, 0.2) is 12.4 Å². The van der Waals surface area contributed by atoms with Crippen LogP contribution < -0.4 is 5.32 Å². The highest BCUT2D eigenvalue weighted by Gasteiger charge is 2.28. The summed E-state index contributed by atoms with van der Waals surface area (Å²) in [6.07, 6.45) is 4.68. The van der Waals surface area contributed by atoms with Crippen molar-refractivity contribution in [1.82, 2.24) is 19.6 Å². The first-order valence-electron chi connectivity index (χ1n) is 8.83. The standard InChI is InChI=1S/C17H29N5O2/c1-17(2,3)22-13-15(10-18-22)19-16(23)21-5-4-14(12-21)11-20-6-8-24-9-7-20/h10,13-14H,4-9,11-12H2,1-3H3,(H,19,23)/t14-/m0/s1. The van der Waals surface area contributed by atoms with Crippen LogP contribution in [0.5, 0.6) is 0 Å². The summed E-state index contributed by atoms with van der Waals surface area (Å²) in [7, 11) is 0. The molecule has 0 unspecified atom stereocenters. The molecule has 0 saturated carbocycles. The molecule has 7 nitrogen and oxygen atoms in total. The number of morpholine rings is 1. The molecule has 1 aromatic heterocycles. The van der Waals surface area contributed by atoms with Crippen LogP contribution in [-0.2, 0) is 10.3 Å². The number of amides is 2. The summed E-state index contributed by atoms with van der Waals surface area (Å²) >= 11 is 0. The molecule has 0 aliphatic carbocycles. The fourth-order valence-electron chi connectivity index (χ4n) is 3.27. The number of likely N-dealkylation sites (tertiary alicyclic amines) is 1. The largest absolute Gasteiger partial charge is 0.379 e. The second-order valence-electron chi connectivity index (χ2n) is 7.79. The number of ether oxygens (including phenoxy) is 1. The Labute approximate surface area is 143 Å². The van der Waals surface area contributed by atoms with E-state index >= 15 is 0 Å². The van der Waals surface area contributed by atoms with Gasteiger partial charge in [-0.1, -0.05) is 0 Å². The van der Waals surface area contributed by atoms with Gasteiger partial charge in [0.25, 0.3) is 0 Å². The summed E-state index contributed by atoms with van der Waals surface area (Å²) in [5.74, 6) is 0.561. The van der Waals surface area contributed by atoms with E-state index in [2.05, 4.69) is 36.1 Å². The van der Waals surface area contributed by atoms with E-state index in [-0.39, 0.29) is 11.6 Å². The van der Waals surface area contributed by atoms with Crippen LogP contribution in [0, 0.1) is 5.92 Å². The first kappa shape index (κ1) is 17.2. The summed E-state index contributed by atoms with van der Waals surface area (Å²) in [6, 6.07) is -0.0204. The number of nitrogens with zero attached hydrogens (tertiary/aromatic N) is 4. The second-order valence-corrected chi connectivity index (χ2v) is 7.79. The number of urea groups is 1. The minimum Gasteiger partial charge on any atom is -0.379 e. The molecule has 0 radical (unpaired) electrons. The van der Waals surface area contributed by atoms with Crippen LogP contribution >= 0.6 is 0 Å². The third kappa shape index (κ3) is 4.27. The maximum absolute atomic E-state index is 12.5. The molecule has 134 valence electrons. The van der Waals surface area contributed by atoms with Gasteiger partial charge in [-0.2, -0.15) is 5.10 Å². The van der Waals surface area contributed by atoms with Crippen molar-refractivity contribution < 1.29 is 9.53 Å². The summed E-state index contributed by atoms with van der Waals surface area (Å²) in [5, 5.41) is 7.29. The summed E-state index contributed by atoms with van der Waals surface area (Å²) in [4.78, 5) is 16.8. The van der Waals surface area contributed by atoms with Crippen LogP contribution in [-0.4, -0.2) is 71.5 Å². The average molecular weight is 335 g/mol. The number of hydrogen-bond donors (Lipinski definition) is 1. The highest BCUT2D eigenvalue weighted by Crippen LogP contribution is 2.20. The zero-order chi connectivity index (χ0) is 17.2. The van der Waals surface area contributed by atoms with Crippen molar-refractivity contribution in [2.24, 2.45) is 5.92 Å². The molecule has 1 atom stereocenters. The van der Waals surface area contributed by atoms with Gasteiger partial charge in [0, 0.05) is 38.9 Å². The zero-order valence-electron chi connectivity index (χ0n) is 15.0. The first-order valence-corrected chi connectivity index (χ1v) is 8.83. The summed E-state index contributed by atoms with van der Waals surface area (Å²) < 4.78 is 7.26. The predicted molar refractivity (Wildman–Crippen MR) is 93.2 cm³/mol. The number of anilines is 1. The van der Waals surface area contributed by atoms with Crippen LogP contribution in [0.2, 0.25) is 0 Å². The molecule has 0 bridgehead atoms. The topological polar surface area (TPSA) is 62.6 Å². The van der Waals surface area contributed by atoms with Gasteiger partial charge in [0.2, 0.25) is 0 Å². The Balaban J connectivity index is 1.48. The Morgan fingerprint density at radius 2 is 2.08 bits per heavy atom. The van der Waals surface area contributed by atoms with Gasteiger partial charge in [0.1, 0.15) is 0 Å². The summed E-state index contributed by atoms with van der Waals surface area (Å²) in [6.45, 7) is 12.7. The van der Waals surface area contributed by atoms with E-state index in [0.717, 1.165) is 58.0 Å². The van der Waals surface area contributed by atoms with E-state index < -0.39 is 0 Å². The summed E-state index contributed by atoms with van der Waals surface area (Å²) in [5.41, 5.74) is 0.673. The molecule has 7 heteroatoms. The van der Waals surface area contributed by atoms with Gasteiger partial charge in [-0.3, -0.25) is 9.58 Å². The maximum atomic E-state index is 12.5. The molecule has 2 fully saturated rings. The lowest BCUT2D eigenvalue weighted by molar-refractivity contribution is 0.0314. The Bertz CT molecular complexity index is 560. The Morgan fingerprint density at radius 1 is 1.33 bits per heavy atom. The highest BCUT2D eigenvalue weighted by atomic mass is 16.5. The van der Waals surface area contributed by atoms with Gasteiger partial charge in [-0.15, -0.1) is 0 Å². The van der Waals surface area contributed by atoms with Crippen molar-refractivity contribution in [2.45, 2.75) is 32.7 Å². The second kappa shape index (κ2) is 7.11. The van der Waals surface area contributed by atoms with Crippen molar-refractivity contribution in [1.29, 1.82) is 0 Å². The molecule has 1 aromatic rings. The fraction of sp³-hybridized carbons (Fsp3) is 0.765. The smallest absolute Gasteiger partial charge is 0.321 e. The van der Waals surface area contributed by atoms with Crippen molar-refractivity contribution in [3.63, 3.8) is 0 Å². The molecule has 3 rings (SSSR count). The normalized spacial score (nSPS) is 22.8. The van der Waals surface area contributed by atoms with Crippen molar-refractivity contribution >= 4 is 11.7 Å². The van der Waals surface area contributed by atoms with E-state index in [1.807, 2.05) is 15.8 Å². The molecular formula is C17H29N5O2. The van der Waals surface area contributed by atoms with Gasteiger partial charge in [-0.25, -0.2) is 4.79 Å². The first-order chi connectivity index (χ1) is 11.4. The van der Waals surface area contributed by atoms with E-state index in [4.69, 9.17) is 4.74 Å². The number of carbonyl (C=O) groups is 1. The monoisotopic (exact) mass is 335 g/mol. The molecular weight excluding hydrogens is 306 g/mol. The lowest BCUT2D eigenvalue weighted by Crippen LogP contribution is -2.40. The van der Waals surface area contributed by atoms with Crippen molar-refractivity contribution in [2.75, 3.05) is 51.3 Å². The van der Waals surface area contributed by atoms with Crippen LogP contribution in [0.25, 0.3) is 0 Å². The SMILES string of the molecule is CC(C)(C)n1cc(NC(=O)N2CC[C@@H](CN3CCOCC3)C2)cn1. The zero-order valence-corrected chi connectivity index (χ0v) is 15.0. The lowest BCUT2D eigenvalue weighted by Gasteiger charge is -2.29. The maximum Gasteiger partial charge on any atom is 0.321 e. The molecule has 1 N–H and O–H groups in total. The third-order valence-electron chi connectivity index (χ3n) is 4.71. The Kier molecular flexibility index (Phi) is 5.10. The highest BCUT2D eigenvalue weighted by molar-refractivity contribution is 5.89. The fourth-order valence-corrected chi connectivity index (χ4v) is 3.27. The molecule has 2 aliphatic rings. The van der Waals surface area contributed by atoms with Crippen LogP contribution in [0.3, 0.4) is 0 Å². The third-order valence-corrected chi connectivity index (χ3v) is 4.71. The average Bonchev–Trinajstić information content (AvgIpc) is 3.17. The van der Waals surface area contributed by atoms with Crippen molar-refractivity contribution in [3.8, 4) is 0 Å². The Morgan fingerprint density at radius 3 is 2.75 bits per heavy atom. The quantitative estimate of drug-likeness (QED) is 0.915. The van der Waals surface area contributed by atoms with E-state index in [9.17, 15) is 4.79 Å². The van der Waals surface area contributed by atoms with Crippen molar-refractivity contribution in [3.05, 3.63) is 12.4 Å². The predicted octanol–water partition coefficient (Wildman–Crippen LogP) is 1.82. The minimum absolute atomic E-state index is 0.0204. The minimum atomic E-state index is -0.0835. The number of carbonyl (C=O) groups excluding carboxylic acids is 1. The molecule has 24 heavy (non-hydrogen) atoms. The van der Waals surface area contributed by atoms with E-state index in [1.165, 1.54) is 0 Å². The number of rotatable bonds is 3. The van der Waals surface area contributed by atoms with Crippen LogP contribution in [0.4, 0.5) is 10.5 Å². The molecule has 0 aromatic carbocycles. The molecule has 0 spiro atoms. The number of hydrogen-bond acceptors (Lipinski definition) is 4. The molecule has 3 heterocycles. The molecule has 2 amide bonds. The van der Waals surface area contributed by atoms with Gasteiger partial charge >= 0.3 is 6.03 Å². The molecule has 2 saturated heterocycles. The van der Waals surface area contributed by atoms with Crippen LogP contribution in [0.1, 0.15) is 27.2 Å². The lowest BCUT2D eigenvalue weighted by atomic mass is 10.1. The van der Waals surface area contributed by atoms with Gasteiger partial charge in [-0.05, 0) is 33.1 Å². The number of nitrogens with one attached hydrogen (secondary N) is 1. The molecule has 2 aliphatic heterocycles.